The average molecular weight is 420 g/mol. The largest absolute Gasteiger partial charge is 0.345 e. The topological polar surface area (TPSA) is 90.4 Å². The van der Waals surface area contributed by atoms with Gasteiger partial charge < -0.3 is 14.0 Å². The third kappa shape index (κ3) is 3.13. The number of carbonyl (C=O) groups is 1. The van der Waals surface area contributed by atoms with Crippen LogP contribution >= 0.6 is 0 Å². The normalized spacial score (nSPS) is 20.2. The molecule has 1 saturated heterocycles. The molecule has 1 amide bonds. The van der Waals surface area contributed by atoms with Gasteiger partial charge in [0.15, 0.2) is 0 Å². The van der Waals surface area contributed by atoms with Gasteiger partial charge in [-0.2, -0.15) is 0 Å². The minimum atomic E-state index is -0.626. The maximum Gasteiger partial charge on any atom is 0.334 e. The Balaban J connectivity index is 1.45. The summed E-state index contributed by atoms with van der Waals surface area (Å²) in [6.07, 6.45) is 2.93. The Morgan fingerprint density at radius 1 is 1.13 bits per heavy atom. The van der Waals surface area contributed by atoms with Gasteiger partial charge in [-0.05, 0) is 55.8 Å². The van der Waals surface area contributed by atoms with E-state index < -0.39 is 16.2 Å². The van der Waals surface area contributed by atoms with Crippen molar-refractivity contribution < 1.29 is 9.72 Å². The second-order valence-electron chi connectivity index (χ2n) is 8.92. The molecule has 160 valence electrons. The molecule has 2 unspecified atom stereocenters. The summed E-state index contributed by atoms with van der Waals surface area (Å²) in [6, 6.07) is 11.2. The Bertz CT molecular complexity index is 1270. The van der Waals surface area contributed by atoms with Crippen LogP contribution in [0.25, 0.3) is 10.9 Å². The molecule has 0 radical (unpaired) electrons. The molecule has 1 fully saturated rings. The summed E-state index contributed by atoms with van der Waals surface area (Å²) in [5, 5.41) is 12.2. The highest BCUT2D eigenvalue weighted by Gasteiger charge is 2.37. The number of likely N-dealkylation sites (tertiary alicyclic amines) is 1. The van der Waals surface area contributed by atoms with Crippen LogP contribution in [0.1, 0.15) is 48.3 Å². The summed E-state index contributed by atoms with van der Waals surface area (Å²) in [5.41, 5.74) is 1.56. The molecule has 2 atom stereocenters. The van der Waals surface area contributed by atoms with Crippen molar-refractivity contribution in [1.29, 1.82) is 0 Å². The van der Waals surface area contributed by atoms with Crippen LogP contribution in [0.3, 0.4) is 0 Å². The SMILES string of the molecule is CC(C)n1ccc2ccc(C(=O)N3CC4CC(C3)c3ccc([N+](=O)[O-])c(=O)n3C4)cc21. The number of amides is 1. The van der Waals surface area contributed by atoms with Crippen molar-refractivity contribution in [3.05, 3.63) is 74.3 Å². The number of nitrogens with zero attached hydrogens (tertiary/aromatic N) is 4. The number of fused-ring (bicyclic) bond motifs is 5. The monoisotopic (exact) mass is 420 g/mol. The Morgan fingerprint density at radius 2 is 1.94 bits per heavy atom. The fourth-order valence-electron chi connectivity index (χ4n) is 5.15. The first-order chi connectivity index (χ1) is 14.8. The molecule has 0 spiro atoms. The number of aromatic nitrogens is 2. The van der Waals surface area contributed by atoms with Crippen LogP contribution in [0.15, 0.2) is 47.4 Å². The van der Waals surface area contributed by atoms with Crippen LogP contribution < -0.4 is 5.56 Å². The smallest absolute Gasteiger partial charge is 0.334 e. The molecular formula is C23H24N4O4. The second kappa shape index (κ2) is 7.08. The molecular weight excluding hydrogens is 396 g/mol. The maximum absolute atomic E-state index is 13.4. The summed E-state index contributed by atoms with van der Waals surface area (Å²) in [7, 11) is 0. The standard InChI is InChI=1S/C23H24N4O4/c1-14(2)25-8-7-16-3-4-17(10-21(16)25)22(28)24-11-15-9-18(13-24)19-5-6-20(27(30)31)23(29)26(19)12-15/h3-8,10,14-15,18H,9,11-13H2,1-2H3. The number of carbonyl (C=O) groups excluding carboxylic acids is 1. The minimum absolute atomic E-state index is 0.00760. The zero-order chi connectivity index (χ0) is 21.9. The first-order valence-electron chi connectivity index (χ1n) is 10.6. The van der Waals surface area contributed by atoms with E-state index >= 15 is 0 Å². The lowest BCUT2D eigenvalue weighted by Crippen LogP contribution is -2.49. The Morgan fingerprint density at radius 3 is 2.68 bits per heavy atom. The lowest BCUT2D eigenvalue weighted by molar-refractivity contribution is -0.386. The van der Waals surface area contributed by atoms with Gasteiger partial charge in [0.05, 0.1) is 4.92 Å². The van der Waals surface area contributed by atoms with Crippen molar-refractivity contribution in [2.75, 3.05) is 13.1 Å². The summed E-state index contributed by atoms with van der Waals surface area (Å²) in [5.74, 6) is 0.109. The second-order valence-corrected chi connectivity index (χ2v) is 8.92. The van der Waals surface area contributed by atoms with E-state index in [2.05, 4.69) is 24.5 Å². The van der Waals surface area contributed by atoms with E-state index in [1.54, 1.807) is 10.6 Å². The van der Waals surface area contributed by atoms with E-state index in [9.17, 15) is 19.7 Å². The average Bonchev–Trinajstić information content (AvgIpc) is 3.17. The van der Waals surface area contributed by atoms with Gasteiger partial charge in [-0.15, -0.1) is 0 Å². The van der Waals surface area contributed by atoms with Gasteiger partial charge in [-0.3, -0.25) is 19.7 Å². The maximum atomic E-state index is 13.4. The third-order valence-electron chi connectivity index (χ3n) is 6.59. The van der Waals surface area contributed by atoms with Crippen LogP contribution in [0, 0.1) is 16.0 Å². The van der Waals surface area contributed by atoms with Crippen LogP contribution in [-0.4, -0.2) is 38.0 Å². The number of nitro groups is 1. The molecule has 4 heterocycles. The highest BCUT2D eigenvalue weighted by Crippen LogP contribution is 2.36. The molecule has 31 heavy (non-hydrogen) atoms. The van der Waals surface area contributed by atoms with Gasteiger partial charge in [0.1, 0.15) is 0 Å². The molecule has 2 bridgehead atoms. The van der Waals surface area contributed by atoms with E-state index in [0.717, 1.165) is 23.0 Å². The number of piperidine rings is 1. The van der Waals surface area contributed by atoms with Crippen molar-refractivity contribution in [2.24, 2.45) is 5.92 Å². The van der Waals surface area contributed by atoms with Crippen molar-refractivity contribution in [3.8, 4) is 0 Å². The minimum Gasteiger partial charge on any atom is -0.345 e. The molecule has 8 heteroatoms. The summed E-state index contributed by atoms with van der Waals surface area (Å²) in [4.78, 5) is 38.3. The van der Waals surface area contributed by atoms with E-state index in [1.807, 2.05) is 29.3 Å². The van der Waals surface area contributed by atoms with Crippen LogP contribution in [0.4, 0.5) is 5.69 Å². The highest BCUT2D eigenvalue weighted by molar-refractivity contribution is 5.98. The number of hydrogen-bond donors (Lipinski definition) is 0. The predicted octanol–water partition coefficient (Wildman–Crippen LogP) is 3.55. The van der Waals surface area contributed by atoms with Crippen molar-refractivity contribution >= 4 is 22.5 Å². The van der Waals surface area contributed by atoms with Crippen molar-refractivity contribution in [3.63, 3.8) is 0 Å². The molecule has 2 aliphatic rings. The van der Waals surface area contributed by atoms with Gasteiger partial charge in [0, 0.05) is 60.6 Å². The number of hydrogen-bond acceptors (Lipinski definition) is 4. The molecule has 1 aromatic carbocycles. The molecule has 2 aliphatic heterocycles. The van der Waals surface area contributed by atoms with Crippen LogP contribution in [0.5, 0.6) is 0 Å². The number of pyridine rings is 1. The lowest BCUT2D eigenvalue weighted by atomic mass is 9.83. The van der Waals surface area contributed by atoms with Gasteiger partial charge in [0.25, 0.3) is 5.91 Å². The predicted molar refractivity (Wildman–Crippen MR) is 116 cm³/mol. The van der Waals surface area contributed by atoms with E-state index in [0.29, 0.717) is 31.2 Å². The van der Waals surface area contributed by atoms with Crippen LogP contribution in [0.2, 0.25) is 0 Å². The van der Waals surface area contributed by atoms with Crippen molar-refractivity contribution in [2.45, 2.75) is 38.8 Å². The zero-order valence-electron chi connectivity index (χ0n) is 17.5. The van der Waals surface area contributed by atoms with Gasteiger partial charge in [-0.1, -0.05) is 6.07 Å². The van der Waals surface area contributed by atoms with Gasteiger partial charge >= 0.3 is 11.2 Å². The zero-order valence-corrected chi connectivity index (χ0v) is 17.5. The van der Waals surface area contributed by atoms with E-state index in [-0.39, 0.29) is 17.7 Å². The summed E-state index contributed by atoms with van der Waals surface area (Å²) < 4.78 is 3.70. The molecule has 5 rings (SSSR count). The fourth-order valence-corrected chi connectivity index (χ4v) is 5.15. The summed E-state index contributed by atoms with van der Waals surface area (Å²) >= 11 is 0. The Hall–Kier alpha value is -3.42. The quantitative estimate of drug-likeness (QED) is 0.479. The molecule has 3 aromatic rings. The van der Waals surface area contributed by atoms with Crippen molar-refractivity contribution in [1.82, 2.24) is 14.0 Å². The van der Waals surface area contributed by atoms with Crippen LogP contribution in [-0.2, 0) is 6.54 Å². The molecule has 2 aromatic heterocycles. The molecule has 0 N–H and O–H groups in total. The first kappa shape index (κ1) is 19.5. The van der Waals surface area contributed by atoms with Gasteiger partial charge in [0.2, 0.25) is 0 Å². The first-order valence-corrected chi connectivity index (χ1v) is 10.6. The molecule has 0 aliphatic carbocycles. The number of benzene rings is 1. The third-order valence-corrected chi connectivity index (χ3v) is 6.59. The summed E-state index contributed by atoms with van der Waals surface area (Å²) in [6.45, 7) is 5.70. The molecule has 8 nitrogen and oxygen atoms in total. The lowest BCUT2D eigenvalue weighted by Gasteiger charge is -2.42. The van der Waals surface area contributed by atoms with E-state index in [4.69, 9.17) is 0 Å². The highest BCUT2D eigenvalue weighted by atomic mass is 16.6. The fraction of sp³-hybridized carbons (Fsp3) is 0.391. The van der Waals surface area contributed by atoms with E-state index in [1.165, 1.54) is 6.07 Å². The van der Waals surface area contributed by atoms with Gasteiger partial charge in [-0.25, -0.2) is 0 Å². The Kier molecular flexibility index (Phi) is 4.46. The Labute approximate surface area is 178 Å². The molecule has 0 saturated carbocycles. The number of rotatable bonds is 3.